The van der Waals surface area contributed by atoms with Gasteiger partial charge >= 0.3 is 0 Å². The maximum atomic E-state index is 12.3. The summed E-state index contributed by atoms with van der Waals surface area (Å²) in [4.78, 5) is 16.8. The molecule has 3 rings (SSSR count). The van der Waals surface area contributed by atoms with Gasteiger partial charge in [0.05, 0.1) is 5.69 Å². The molecule has 0 aliphatic heterocycles. The summed E-state index contributed by atoms with van der Waals surface area (Å²) >= 11 is 10.6. The molecule has 26 heavy (non-hydrogen) atoms. The van der Waals surface area contributed by atoms with Gasteiger partial charge in [0, 0.05) is 20.4 Å². The molecule has 0 fully saturated rings. The van der Waals surface area contributed by atoms with Gasteiger partial charge < -0.3 is 0 Å². The first-order chi connectivity index (χ1) is 12.5. The average molecular weight is 445 g/mol. The Morgan fingerprint density at radius 3 is 2.73 bits per heavy atom. The summed E-state index contributed by atoms with van der Waals surface area (Å²) in [6.45, 7) is 0. The smallest absolute Gasteiger partial charge is 0.268 e. The third-order valence-corrected chi connectivity index (χ3v) is 4.89. The van der Waals surface area contributed by atoms with Crippen molar-refractivity contribution in [3.05, 3.63) is 74.5 Å². The maximum absolute atomic E-state index is 12.3. The molecule has 1 aromatic heterocycles. The topological polar surface area (TPSA) is 65.8 Å². The van der Waals surface area contributed by atoms with Crippen LogP contribution >= 0.6 is 38.9 Å². The molecule has 7 heteroatoms. The van der Waals surface area contributed by atoms with Crippen LogP contribution in [0.3, 0.4) is 0 Å². The Kier molecular flexibility index (Phi) is 5.84. The molecule has 1 N–H and O–H groups in total. The summed E-state index contributed by atoms with van der Waals surface area (Å²) in [6, 6.07) is 16.5. The van der Waals surface area contributed by atoms with E-state index in [9.17, 15) is 10.1 Å². The van der Waals surface area contributed by atoms with Gasteiger partial charge in [0.1, 0.15) is 11.6 Å². The number of nitrogens with one attached hydrogen (secondary N) is 1. The zero-order valence-corrected chi connectivity index (χ0v) is 16.4. The SMILES string of the molecule is N#C/C(=C\c1ccc(Cl)cc1)C(=O)Nc1nc(-c2cccc(Br)c2)cs1. The molecule has 0 aliphatic carbocycles. The van der Waals surface area contributed by atoms with Gasteiger partial charge in [0.25, 0.3) is 5.91 Å². The number of carbonyl (C=O) groups excluding carboxylic acids is 1. The number of hydrogen-bond acceptors (Lipinski definition) is 4. The van der Waals surface area contributed by atoms with Gasteiger partial charge in [-0.25, -0.2) is 4.98 Å². The summed E-state index contributed by atoms with van der Waals surface area (Å²) in [5.74, 6) is -0.502. The zero-order valence-electron chi connectivity index (χ0n) is 13.2. The van der Waals surface area contributed by atoms with E-state index in [1.807, 2.05) is 35.7 Å². The number of carbonyl (C=O) groups is 1. The molecule has 128 valence electrons. The second kappa shape index (κ2) is 8.28. The highest BCUT2D eigenvalue weighted by Gasteiger charge is 2.12. The van der Waals surface area contributed by atoms with E-state index >= 15 is 0 Å². The molecule has 2 aromatic carbocycles. The summed E-state index contributed by atoms with van der Waals surface area (Å²) in [7, 11) is 0. The number of benzene rings is 2. The quantitative estimate of drug-likeness (QED) is 0.410. The molecular formula is C19H11BrClN3OS. The molecule has 0 spiro atoms. The van der Waals surface area contributed by atoms with Gasteiger partial charge in [-0.3, -0.25) is 10.1 Å². The third kappa shape index (κ3) is 4.58. The van der Waals surface area contributed by atoms with Crippen LogP contribution in [0.25, 0.3) is 17.3 Å². The second-order valence-corrected chi connectivity index (χ2v) is 7.43. The van der Waals surface area contributed by atoms with Crippen LogP contribution < -0.4 is 5.32 Å². The van der Waals surface area contributed by atoms with Gasteiger partial charge in [-0.15, -0.1) is 11.3 Å². The first kappa shape index (κ1) is 18.3. The molecule has 4 nitrogen and oxygen atoms in total. The van der Waals surface area contributed by atoms with Gasteiger partial charge in [0.15, 0.2) is 5.13 Å². The largest absolute Gasteiger partial charge is 0.297 e. The first-order valence-corrected chi connectivity index (χ1v) is 9.50. The lowest BCUT2D eigenvalue weighted by molar-refractivity contribution is -0.112. The first-order valence-electron chi connectivity index (χ1n) is 7.45. The van der Waals surface area contributed by atoms with Crippen molar-refractivity contribution in [3.63, 3.8) is 0 Å². The fraction of sp³-hybridized carbons (Fsp3) is 0. The second-order valence-electron chi connectivity index (χ2n) is 5.22. The lowest BCUT2D eigenvalue weighted by Crippen LogP contribution is -2.13. The van der Waals surface area contributed by atoms with Crippen LogP contribution in [0.2, 0.25) is 5.02 Å². The van der Waals surface area contributed by atoms with E-state index in [1.54, 1.807) is 24.3 Å². The molecule has 1 heterocycles. The Balaban J connectivity index is 1.77. The Hall–Kier alpha value is -2.46. The summed E-state index contributed by atoms with van der Waals surface area (Å²) < 4.78 is 0.950. The van der Waals surface area contributed by atoms with Crippen molar-refractivity contribution in [2.45, 2.75) is 0 Å². The predicted octanol–water partition coefficient (Wildman–Crippen LogP) is 5.77. The molecule has 1 amide bonds. The van der Waals surface area contributed by atoms with Crippen molar-refractivity contribution < 1.29 is 4.79 Å². The van der Waals surface area contributed by atoms with E-state index in [-0.39, 0.29) is 5.57 Å². The maximum Gasteiger partial charge on any atom is 0.268 e. The monoisotopic (exact) mass is 443 g/mol. The highest BCUT2D eigenvalue weighted by Crippen LogP contribution is 2.27. The molecule has 3 aromatic rings. The highest BCUT2D eigenvalue weighted by molar-refractivity contribution is 9.10. The summed E-state index contributed by atoms with van der Waals surface area (Å²) in [5.41, 5.74) is 2.40. The highest BCUT2D eigenvalue weighted by atomic mass is 79.9. The van der Waals surface area contributed by atoms with Crippen LogP contribution in [0.1, 0.15) is 5.56 Å². The number of rotatable bonds is 4. The van der Waals surface area contributed by atoms with Crippen molar-refractivity contribution in [2.24, 2.45) is 0 Å². The Morgan fingerprint density at radius 1 is 1.27 bits per heavy atom. The van der Waals surface area contributed by atoms with E-state index in [4.69, 9.17) is 11.6 Å². The zero-order chi connectivity index (χ0) is 18.5. The molecule has 0 radical (unpaired) electrons. The number of anilines is 1. The number of amides is 1. The van der Waals surface area contributed by atoms with Crippen molar-refractivity contribution in [2.75, 3.05) is 5.32 Å². The van der Waals surface area contributed by atoms with Crippen molar-refractivity contribution in [3.8, 4) is 17.3 Å². The fourth-order valence-corrected chi connectivity index (χ4v) is 3.39. The van der Waals surface area contributed by atoms with Crippen molar-refractivity contribution >= 4 is 56.0 Å². The molecule has 0 unspecified atom stereocenters. The van der Waals surface area contributed by atoms with E-state index in [1.165, 1.54) is 17.4 Å². The van der Waals surface area contributed by atoms with Crippen LogP contribution in [-0.4, -0.2) is 10.9 Å². The van der Waals surface area contributed by atoms with Crippen molar-refractivity contribution in [1.29, 1.82) is 5.26 Å². The van der Waals surface area contributed by atoms with E-state index in [0.717, 1.165) is 21.3 Å². The van der Waals surface area contributed by atoms with Crippen LogP contribution in [-0.2, 0) is 4.79 Å². The van der Waals surface area contributed by atoms with E-state index in [2.05, 4.69) is 26.2 Å². The summed E-state index contributed by atoms with van der Waals surface area (Å²) in [5, 5.41) is 14.8. The molecule has 0 saturated heterocycles. The minimum atomic E-state index is -0.502. The van der Waals surface area contributed by atoms with Gasteiger partial charge in [-0.2, -0.15) is 5.26 Å². The molecule has 0 aliphatic rings. The van der Waals surface area contributed by atoms with Crippen LogP contribution in [0.15, 0.2) is 64.0 Å². The minimum Gasteiger partial charge on any atom is -0.297 e. The number of nitrogens with zero attached hydrogens (tertiary/aromatic N) is 2. The molecule has 0 atom stereocenters. The van der Waals surface area contributed by atoms with Gasteiger partial charge in [-0.05, 0) is 35.9 Å². The number of nitriles is 1. The standard InChI is InChI=1S/C19H11BrClN3OS/c20-15-3-1-2-13(9-15)17-11-26-19(23-17)24-18(25)14(10-22)8-12-4-6-16(21)7-5-12/h1-9,11H,(H,23,24,25)/b14-8+. The Labute approximate surface area is 167 Å². The number of halogens is 2. The number of thiazole rings is 1. The lowest BCUT2D eigenvalue weighted by atomic mass is 10.1. The predicted molar refractivity (Wildman–Crippen MR) is 109 cm³/mol. The number of hydrogen-bond donors (Lipinski definition) is 1. The normalized spacial score (nSPS) is 11.0. The lowest BCUT2D eigenvalue weighted by Gasteiger charge is -2.01. The Morgan fingerprint density at radius 2 is 2.04 bits per heavy atom. The average Bonchev–Trinajstić information content (AvgIpc) is 3.09. The molecular weight excluding hydrogens is 434 g/mol. The van der Waals surface area contributed by atoms with Crippen LogP contribution in [0, 0.1) is 11.3 Å². The molecule has 0 bridgehead atoms. The van der Waals surface area contributed by atoms with Crippen LogP contribution in [0.5, 0.6) is 0 Å². The van der Waals surface area contributed by atoms with E-state index in [0.29, 0.717) is 10.2 Å². The van der Waals surface area contributed by atoms with Crippen molar-refractivity contribution in [1.82, 2.24) is 4.98 Å². The van der Waals surface area contributed by atoms with E-state index < -0.39 is 5.91 Å². The van der Waals surface area contributed by atoms with Crippen LogP contribution in [0.4, 0.5) is 5.13 Å². The molecule has 0 saturated carbocycles. The third-order valence-electron chi connectivity index (χ3n) is 3.39. The minimum absolute atomic E-state index is 0.00784. The Bertz CT molecular complexity index is 1020. The number of aromatic nitrogens is 1. The van der Waals surface area contributed by atoms with Gasteiger partial charge in [0.2, 0.25) is 0 Å². The summed E-state index contributed by atoms with van der Waals surface area (Å²) in [6.07, 6.45) is 1.51. The fourth-order valence-electron chi connectivity index (χ4n) is 2.15. The van der Waals surface area contributed by atoms with Gasteiger partial charge in [-0.1, -0.05) is 51.8 Å².